The van der Waals surface area contributed by atoms with E-state index in [1.54, 1.807) is 13.1 Å². The van der Waals surface area contributed by atoms with Gasteiger partial charge < -0.3 is 20.4 Å². The molecule has 0 saturated heterocycles. The lowest BCUT2D eigenvalue weighted by Crippen LogP contribution is -2.11. The summed E-state index contributed by atoms with van der Waals surface area (Å²) in [5, 5.41) is 3.70. The number of anilines is 2. The monoisotopic (exact) mass is 281 g/mol. The summed E-state index contributed by atoms with van der Waals surface area (Å²) in [5.74, 6) is 0.573. The van der Waals surface area contributed by atoms with E-state index in [2.05, 4.69) is 14.7 Å². The van der Waals surface area contributed by atoms with Gasteiger partial charge in [-0.15, -0.1) is 0 Å². The summed E-state index contributed by atoms with van der Waals surface area (Å²) in [6, 6.07) is 0. The molecule has 0 radical (unpaired) electrons. The van der Waals surface area contributed by atoms with Crippen LogP contribution in [0.3, 0.4) is 0 Å². The third-order valence-electron chi connectivity index (χ3n) is 2.53. The van der Waals surface area contributed by atoms with E-state index in [-0.39, 0.29) is 5.82 Å². The molecule has 0 bridgehead atoms. The number of nitrogens with one attached hydrogen (secondary N) is 1. The summed E-state index contributed by atoms with van der Waals surface area (Å²) in [6.45, 7) is 2.53. The number of aromatic nitrogens is 3. The number of aryl methyl sites for hydroxylation is 1. The summed E-state index contributed by atoms with van der Waals surface area (Å²) in [4.78, 5) is 16.0. The molecule has 0 amide bonds. The van der Waals surface area contributed by atoms with Gasteiger partial charge in [0.2, 0.25) is 0 Å². The van der Waals surface area contributed by atoms with Crippen molar-refractivity contribution >= 4 is 28.3 Å². The van der Waals surface area contributed by atoms with Gasteiger partial charge >= 0.3 is 5.97 Å². The minimum Gasteiger partial charge on any atom is -0.462 e. The summed E-state index contributed by atoms with van der Waals surface area (Å²) in [6.07, 6.45) is 3.56. The van der Waals surface area contributed by atoms with E-state index in [0.717, 1.165) is 17.4 Å². The van der Waals surface area contributed by atoms with Gasteiger partial charge in [-0.3, -0.25) is 0 Å². The summed E-state index contributed by atoms with van der Waals surface area (Å²) in [7, 11) is 1.90. The van der Waals surface area contributed by atoms with E-state index < -0.39 is 5.97 Å². The number of carbonyl (C=O) groups excluding carboxylic acids is 1. The summed E-state index contributed by atoms with van der Waals surface area (Å²) in [5.41, 5.74) is 5.98. The van der Waals surface area contributed by atoms with Crippen LogP contribution in [0, 0.1) is 0 Å². The Kier molecular flexibility index (Phi) is 4.00. The lowest BCUT2D eigenvalue weighted by atomic mass is 10.3. The van der Waals surface area contributed by atoms with Gasteiger partial charge in [-0.1, -0.05) is 0 Å². The standard InChI is InChI=1S/C11H15N5O2S/c1-3-18-11(17)8-9(12)15-19-10(8)14-6-7-13-4-5-16(7)2/h4-5,14H,3,6H2,1-2H3,(H2,12,15). The number of nitrogen functional groups attached to an aromatic ring is 1. The molecule has 2 aromatic heterocycles. The lowest BCUT2D eigenvalue weighted by Gasteiger charge is -2.06. The van der Waals surface area contributed by atoms with Gasteiger partial charge in [-0.2, -0.15) is 4.37 Å². The smallest absolute Gasteiger partial charge is 0.344 e. The fourth-order valence-electron chi connectivity index (χ4n) is 1.55. The maximum atomic E-state index is 11.8. The van der Waals surface area contributed by atoms with Crippen molar-refractivity contribution in [2.24, 2.45) is 7.05 Å². The van der Waals surface area contributed by atoms with Crippen LogP contribution in [0.2, 0.25) is 0 Å². The maximum Gasteiger partial charge on any atom is 0.344 e. The topological polar surface area (TPSA) is 95.1 Å². The van der Waals surface area contributed by atoms with Crippen LogP contribution >= 0.6 is 11.5 Å². The van der Waals surface area contributed by atoms with Gasteiger partial charge in [-0.25, -0.2) is 9.78 Å². The Bertz CT molecular complexity index is 577. The molecule has 0 unspecified atom stereocenters. The van der Waals surface area contributed by atoms with Crippen LogP contribution in [0.5, 0.6) is 0 Å². The summed E-state index contributed by atoms with van der Waals surface area (Å²) >= 11 is 1.13. The number of hydrogen-bond acceptors (Lipinski definition) is 7. The van der Waals surface area contributed by atoms with Crippen LogP contribution in [-0.4, -0.2) is 26.5 Å². The number of esters is 1. The highest BCUT2D eigenvalue weighted by Crippen LogP contribution is 2.27. The molecule has 19 heavy (non-hydrogen) atoms. The molecule has 0 spiro atoms. The van der Waals surface area contributed by atoms with Gasteiger partial charge in [0.15, 0.2) is 5.82 Å². The van der Waals surface area contributed by atoms with Crippen molar-refractivity contribution in [2.45, 2.75) is 13.5 Å². The Morgan fingerprint density at radius 2 is 2.42 bits per heavy atom. The van der Waals surface area contributed by atoms with E-state index in [0.29, 0.717) is 23.7 Å². The Hall–Kier alpha value is -2.09. The number of rotatable bonds is 5. The Balaban J connectivity index is 2.13. The zero-order valence-corrected chi connectivity index (χ0v) is 11.5. The molecule has 2 rings (SSSR count). The Morgan fingerprint density at radius 3 is 3.05 bits per heavy atom. The van der Waals surface area contributed by atoms with Crippen LogP contribution in [0.1, 0.15) is 23.1 Å². The van der Waals surface area contributed by atoms with Crippen molar-refractivity contribution in [3.63, 3.8) is 0 Å². The van der Waals surface area contributed by atoms with Crippen molar-refractivity contribution in [3.8, 4) is 0 Å². The highest BCUT2D eigenvalue weighted by Gasteiger charge is 2.20. The Labute approximate surface area is 114 Å². The van der Waals surface area contributed by atoms with Crippen molar-refractivity contribution in [1.82, 2.24) is 13.9 Å². The van der Waals surface area contributed by atoms with Crippen LogP contribution < -0.4 is 11.1 Å². The molecular weight excluding hydrogens is 266 g/mol. The Morgan fingerprint density at radius 1 is 1.63 bits per heavy atom. The molecule has 0 aliphatic rings. The molecule has 0 aliphatic carbocycles. The van der Waals surface area contributed by atoms with E-state index in [1.807, 2.05) is 17.8 Å². The summed E-state index contributed by atoms with van der Waals surface area (Å²) < 4.78 is 10.8. The van der Waals surface area contributed by atoms with Crippen molar-refractivity contribution in [1.29, 1.82) is 0 Å². The number of ether oxygens (including phenoxy) is 1. The molecule has 0 fully saturated rings. The number of nitrogens with zero attached hydrogens (tertiary/aromatic N) is 3. The van der Waals surface area contributed by atoms with Crippen LogP contribution in [0.25, 0.3) is 0 Å². The molecule has 2 heterocycles. The molecule has 8 heteroatoms. The molecular formula is C11H15N5O2S. The molecule has 7 nitrogen and oxygen atoms in total. The maximum absolute atomic E-state index is 11.8. The molecule has 0 saturated carbocycles. The van der Waals surface area contributed by atoms with E-state index in [1.165, 1.54) is 0 Å². The predicted octanol–water partition coefficient (Wildman–Crippen LogP) is 1.25. The highest BCUT2D eigenvalue weighted by atomic mass is 32.1. The molecule has 0 atom stereocenters. The largest absolute Gasteiger partial charge is 0.462 e. The second kappa shape index (κ2) is 5.70. The molecule has 0 aromatic carbocycles. The highest BCUT2D eigenvalue weighted by molar-refractivity contribution is 7.11. The third kappa shape index (κ3) is 2.84. The zero-order valence-electron chi connectivity index (χ0n) is 10.7. The minimum absolute atomic E-state index is 0.186. The fourth-order valence-corrected chi connectivity index (χ4v) is 2.25. The van der Waals surface area contributed by atoms with Crippen molar-refractivity contribution in [2.75, 3.05) is 17.7 Å². The number of nitrogens with two attached hydrogens (primary N) is 1. The number of carbonyl (C=O) groups is 1. The first kappa shape index (κ1) is 13.3. The first-order chi connectivity index (χ1) is 9.13. The van der Waals surface area contributed by atoms with Crippen LogP contribution in [-0.2, 0) is 18.3 Å². The van der Waals surface area contributed by atoms with Crippen LogP contribution in [0.15, 0.2) is 12.4 Å². The van der Waals surface area contributed by atoms with Crippen molar-refractivity contribution < 1.29 is 9.53 Å². The van der Waals surface area contributed by atoms with Gasteiger partial charge in [0.25, 0.3) is 0 Å². The van der Waals surface area contributed by atoms with Gasteiger partial charge in [0.1, 0.15) is 16.4 Å². The number of imidazole rings is 1. The first-order valence-electron chi connectivity index (χ1n) is 5.75. The number of hydrogen-bond donors (Lipinski definition) is 2. The average Bonchev–Trinajstić information content (AvgIpc) is 2.93. The van der Waals surface area contributed by atoms with Gasteiger partial charge in [0, 0.05) is 19.4 Å². The molecule has 102 valence electrons. The lowest BCUT2D eigenvalue weighted by molar-refractivity contribution is 0.0529. The second-order valence-electron chi connectivity index (χ2n) is 3.80. The average molecular weight is 281 g/mol. The normalized spacial score (nSPS) is 10.4. The zero-order chi connectivity index (χ0) is 13.8. The van der Waals surface area contributed by atoms with E-state index in [4.69, 9.17) is 10.5 Å². The van der Waals surface area contributed by atoms with Gasteiger partial charge in [-0.05, 0) is 18.5 Å². The fraction of sp³-hybridized carbons (Fsp3) is 0.364. The molecule has 0 aliphatic heterocycles. The second-order valence-corrected chi connectivity index (χ2v) is 4.57. The molecule has 3 N–H and O–H groups in total. The van der Waals surface area contributed by atoms with Gasteiger partial charge in [0.05, 0.1) is 13.2 Å². The molecule has 2 aromatic rings. The third-order valence-corrected chi connectivity index (χ3v) is 3.35. The quantitative estimate of drug-likeness (QED) is 0.801. The van der Waals surface area contributed by atoms with Crippen molar-refractivity contribution in [3.05, 3.63) is 23.8 Å². The minimum atomic E-state index is -0.462. The predicted molar refractivity (Wildman–Crippen MR) is 73.0 cm³/mol. The van der Waals surface area contributed by atoms with E-state index >= 15 is 0 Å². The van der Waals surface area contributed by atoms with Crippen LogP contribution in [0.4, 0.5) is 10.8 Å². The first-order valence-corrected chi connectivity index (χ1v) is 6.53. The van der Waals surface area contributed by atoms with E-state index in [9.17, 15) is 4.79 Å². The SMILES string of the molecule is CCOC(=O)c1c(N)nsc1NCc1nccn1C.